The summed E-state index contributed by atoms with van der Waals surface area (Å²) in [6.07, 6.45) is 0. The van der Waals surface area contributed by atoms with Crippen LogP contribution in [0.3, 0.4) is 0 Å². The molecule has 2 N–H and O–H groups in total. The monoisotopic (exact) mass is 522 g/mol. The number of hydrogen-bond donors (Lipinski definition) is 2. The van der Waals surface area contributed by atoms with E-state index in [1.54, 1.807) is 0 Å². The Balaban J connectivity index is 1.50. The second-order valence-corrected chi connectivity index (χ2v) is 9.08. The fourth-order valence-corrected chi connectivity index (χ4v) is 3.77. The molecule has 0 radical (unpaired) electrons. The van der Waals surface area contributed by atoms with E-state index in [1.165, 1.54) is 17.3 Å². The van der Waals surface area contributed by atoms with E-state index in [2.05, 4.69) is 63.0 Å². The van der Waals surface area contributed by atoms with Gasteiger partial charge >= 0.3 is 0 Å². The van der Waals surface area contributed by atoms with Crippen LogP contribution < -0.4 is 10.1 Å². The summed E-state index contributed by atoms with van der Waals surface area (Å²) in [6.45, 7) is 6.55. The number of nitrogens with zero attached hydrogens (tertiary/aromatic N) is 2. The normalized spacial score (nSPS) is 10.9. The number of rotatable bonds is 8. The highest BCUT2D eigenvalue weighted by Crippen LogP contribution is 2.26. The van der Waals surface area contributed by atoms with Crippen molar-refractivity contribution in [2.24, 2.45) is 0 Å². The van der Waals surface area contributed by atoms with E-state index in [1.807, 2.05) is 43.3 Å². The summed E-state index contributed by atoms with van der Waals surface area (Å²) in [7, 11) is 0. The van der Waals surface area contributed by atoms with Crippen LogP contribution in [0, 0.1) is 10.5 Å². The highest BCUT2D eigenvalue weighted by molar-refractivity contribution is 14.1. The third-order valence-corrected chi connectivity index (χ3v) is 5.67. The quantitative estimate of drug-likeness (QED) is 0.316. The fourth-order valence-electron chi connectivity index (χ4n) is 2.63. The van der Waals surface area contributed by atoms with Crippen molar-refractivity contribution in [3.63, 3.8) is 0 Å². The lowest BCUT2D eigenvalue weighted by Gasteiger charge is -2.14. The standard InChI is InChI=1S/C21H23IN4O2S/c1-13(2)17-10-15(22)6-9-18(17)23-20(27)12-29-21-24-19(25-26-21)11-28-16-7-4-14(3)5-8-16/h4-10,13H,11-12H2,1-3H3,(H,23,27)(H,24,25,26). The van der Waals surface area contributed by atoms with Crippen molar-refractivity contribution in [2.75, 3.05) is 11.1 Å². The Hall–Kier alpha value is -2.07. The van der Waals surface area contributed by atoms with Crippen LogP contribution >= 0.6 is 34.4 Å². The van der Waals surface area contributed by atoms with Crippen LogP contribution in [0.25, 0.3) is 0 Å². The van der Waals surface area contributed by atoms with Crippen LogP contribution in [0.15, 0.2) is 47.6 Å². The average molecular weight is 522 g/mol. The van der Waals surface area contributed by atoms with Crippen LogP contribution in [0.2, 0.25) is 0 Å². The summed E-state index contributed by atoms with van der Waals surface area (Å²) in [4.78, 5) is 16.7. The van der Waals surface area contributed by atoms with E-state index in [4.69, 9.17) is 4.74 Å². The van der Waals surface area contributed by atoms with Gasteiger partial charge in [-0.2, -0.15) is 0 Å². The lowest BCUT2D eigenvalue weighted by molar-refractivity contribution is -0.113. The zero-order valence-corrected chi connectivity index (χ0v) is 19.5. The maximum Gasteiger partial charge on any atom is 0.234 e. The molecule has 0 aliphatic carbocycles. The maximum absolute atomic E-state index is 12.4. The van der Waals surface area contributed by atoms with Crippen LogP contribution in [0.4, 0.5) is 5.69 Å². The second-order valence-electron chi connectivity index (χ2n) is 6.89. The lowest BCUT2D eigenvalue weighted by Crippen LogP contribution is -2.15. The van der Waals surface area contributed by atoms with E-state index in [-0.39, 0.29) is 11.7 Å². The number of halogens is 1. The molecule has 6 nitrogen and oxygen atoms in total. The Kier molecular flexibility index (Phi) is 7.54. The molecule has 0 aliphatic heterocycles. The molecule has 0 spiro atoms. The van der Waals surface area contributed by atoms with Gasteiger partial charge in [0.1, 0.15) is 12.4 Å². The summed E-state index contributed by atoms with van der Waals surface area (Å²) in [6, 6.07) is 13.9. The van der Waals surface area contributed by atoms with Crippen LogP contribution in [-0.4, -0.2) is 26.8 Å². The van der Waals surface area contributed by atoms with Crippen molar-refractivity contribution in [3.8, 4) is 5.75 Å². The Labute approximate surface area is 188 Å². The SMILES string of the molecule is Cc1ccc(OCc2nc(SCC(=O)Nc3ccc(I)cc3C(C)C)n[nH]2)cc1. The van der Waals surface area contributed by atoms with Crippen molar-refractivity contribution in [3.05, 3.63) is 63.0 Å². The van der Waals surface area contributed by atoms with Gasteiger partial charge in [-0.25, -0.2) is 4.98 Å². The van der Waals surface area contributed by atoms with E-state index < -0.39 is 0 Å². The predicted octanol–water partition coefficient (Wildman–Crippen LogP) is 5.15. The van der Waals surface area contributed by atoms with Gasteiger partial charge in [0.25, 0.3) is 0 Å². The number of aromatic nitrogens is 3. The summed E-state index contributed by atoms with van der Waals surface area (Å²) < 4.78 is 6.84. The number of carbonyl (C=O) groups excluding carboxylic acids is 1. The largest absolute Gasteiger partial charge is 0.486 e. The predicted molar refractivity (Wildman–Crippen MR) is 124 cm³/mol. The number of thioether (sulfide) groups is 1. The topological polar surface area (TPSA) is 79.9 Å². The fraction of sp³-hybridized carbons (Fsp3) is 0.286. The Bertz CT molecular complexity index is 973. The first kappa shape index (κ1) is 21.6. The number of anilines is 1. The zero-order valence-electron chi connectivity index (χ0n) is 16.5. The zero-order chi connectivity index (χ0) is 20.8. The first-order valence-electron chi connectivity index (χ1n) is 9.23. The number of aryl methyl sites for hydroxylation is 1. The molecule has 0 atom stereocenters. The lowest BCUT2D eigenvalue weighted by atomic mass is 10.0. The van der Waals surface area contributed by atoms with E-state index >= 15 is 0 Å². The van der Waals surface area contributed by atoms with E-state index in [0.717, 1.165) is 20.6 Å². The average Bonchev–Trinajstić information content (AvgIpc) is 3.15. The smallest absolute Gasteiger partial charge is 0.234 e. The third kappa shape index (κ3) is 6.46. The second kappa shape index (κ2) is 10.1. The molecule has 0 saturated carbocycles. The molecule has 3 aromatic rings. The number of ether oxygens (including phenoxy) is 1. The van der Waals surface area contributed by atoms with Gasteiger partial charge in [-0.3, -0.25) is 9.89 Å². The minimum Gasteiger partial charge on any atom is -0.486 e. The number of carbonyl (C=O) groups is 1. The van der Waals surface area contributed by atoms with E-state index in [0.29, 0.717) is 23.5 Å². The Morgan fingerprint density at radius 1 is 1.24 bits per heavy atom. The van der Waals surface area contributed by atoms with Gasteiger partial charge in [-0.05, 0) is 71.3 Å². The molecule has 0 aliphatic rings. The molecular formula is C21H23IN4O2S. The summed E-state index contributed by atoms with van der Waals surface area (Å²) in [5, 5.41) is 10.5. The first-order valence-corrected chi connectivity index (χ1v) is 11.3. The minimum atomic E-state index is -0.0830. The first-order chi connectivity index (χ1) is 13.9. The summed E-state index contributed by atoms with van der Waals surface area (Å²) in [5.41, 5.74) is 3.16. The molecule has 29 heavy (non-hydrogen) atoms. The van der Waals surface area contributed by atoms with Gasteiger partial charge in [-0.1, -0.05) is 43.3 Å². The summed E-state index contributed by atoms with van der Waals surface area (Å²) >= 11 is 3.57. The number of benzene rings is 2. The van der Waals surface area contributed by atoms with Crippen molar-refractivity contribution in [1.29, 1.82) is 0 Å². The van der Waals surface area contributed by atoms with Crippen molar-refractivity contribution in [2.45, 2.75) is 38.5 Å². The number of H-pyrrole nitrogens is 1. The summed E-state index contributed by atoms with van der Waals surface area (Å²) in [5.74, 6) is 1.88. The molecule has 0 unspecified atom stereocenters. The van der Waals surface area contributed by atoms with Crippen molar-refractivity contribution in [1.82, 2.24) is 15.2 Å². The molecule has 1 amide bonds. The highest BCUT2D eigenvalue weighted by Gasteiger charge is 2.12. The van der Waals surface area contributed by atoms with Gasteiger partial charge in [0.2, 0.25) is 11.1 Å². The van der Waals surface area contributed by atoms with Gasteiger partial charge in [0, 0.05) is 9.26 Å². The van der Waals surface area contributed by atoms with Crippen LogP contribution in [0.5, 0.6) is 5.75 Å². The number of amides is 1. The third-order valence-electron chi connectivity index (χ3n) is 4.15. The Morgan fingerprint density at radius 3 is 2.72 bits per heavy atom. The van der Waals surface area contributed by atoms with Gasteiger partial charge in [0.05, 0.1) is 5.75 Å². The van der Waals surface area contributed by atoms with Gasteiger partial charge < -0.3 is 10.1 Å². The van der Waals surface area contributed by atoms with Crippen LogP contribution in [0.1, 0.15) is 36.7 Å². The molecule has 0 saturated heterocycles. The molecule has 0 bridgehead atoms. The molecular weight excluding hydrogens is 499 g/mol. The molecule has 3 rings (SSSR count). The van der Waals surface area contributed by atoms with E-state index in [9.17, 15) is 4.79 Å². The molecule has 1 aromatic heterocycles. The maximum atomic E-state index is 12.4. The number of hydrogen-bond acceptors (Lipinski definition) is 5. The van der Waals surface area contributed by atoms with Crippen molar-refractivity contribution >= 4 is 45.9 Å². The molecule has 8 heteroatoms. The highest BCUT2D eigenvalue weighted by atomic mass is 127. The molecule has 1 heterocycles. The van der Waals surface area contributed by atoms with Crippen molar-refractivity contribution < 1.29 is 9.53 Å². The van der Waals surface area contributed by atoms with Gasteiger partial charge in [-0.15, -0.1) is 5.10 Å². The van der Waals surface area contributed by atoms with Gasteiger partial charge in [0.15, 0.2) is 5.82 Å². The minimum absolute atomic E-state index is 0.0830. The number of nitrogens with one attached hydrogen (secondary N) is 2. The molecule has 0 fully saturated rings. The van der Waals surface area contributed by atoms with Crippen LogP contribution in [-0.2, 0) is 11.4 Å². The Morgan fingerprint density at radius 2 is 2.00 bits per heavy atom. The molecule has 2 aromatic carbocycles. The molecule has 152 valence electrons. The number of aromatic amines is 1.